The monoisotopic (exact) mass is 211 g/mol. The molecule has 0 spiro atoms. The van der Waals surface area contributed by atoms with Gasteiger partial charge in [0.15, 0.2) is 0 Å². The maximum atomic E-state index is 12.0. The molecule has 0 aromatic carbocycles. The third-order valence-electron chi connectivity index (χ3n) is 3.50. The molecule has 15 heavy (non-hydrogen) atoms. The molecule has 0 aromatic rings. The molecule has 2 aliphatic heterocycles. The molecule has 2 aliphatic rings. The molecule has 0 aliphatic carbocycles. The number of hydrogen-bond acceptors (Lipinski definition) is 3. The molecule has 86 valence electrons. The van der Waals surface area contributed by atoms with Crippen molar-refractivity contribution in [1.82, 2.24) is 15.1 Å². The standard InChI is InChI=1S/C11H21N3O/c1-13(2)8-11(15)14-6-4-9-3-5-12-7-10(9)14/h9-10,12H,3-8H2,1-2H3/t9-,10-/m0/s1. The predicted octanol–water partition coefficient (Wildman–Crippen LogP) is -0.242. The van der Waals surface area contributed by atoms with Crippen LogP contribution >= 0.6 is 0 Å². The van der Waals surface area contributed by atoms with Crippen LogP contribution in [-0.4, -0.2) is 62.0 Å². The molecule has 0 unspecified atom stereocenters. The zero-order valence-electron chi connectivity index (χ0n) is 9.70. The van der Waals surface area contributed by atoms with Crippen molar-refractivity contribution in [2.45, 2.75) is 18.9 Å². The van der Waals surface area contributed by atoms with Crippen LogP contribution in [0.1, 0.15) is 12.8 Å². The Hall–Kier alpha value is -0.610. The summed E-state index contributed by atoms with van der Waals surface area (Å²) in [5.74, 6) is 1.04. The molecule has 0 bridgehead atoms. The van der Waals surface area contributed by atoms with Gasteiger partial charge in [-0.15, -0.1) is 0 Å². The second-order valence-electron chi connectivity index (χ2n) is 4.93. The maximum absolute atomic E-state index is 12.0. The zero-order chi connectivity index (χ0) is 10.8. The molecule has 1 N–H and O–H groups in total. The Morgan fingerprint density at radius 3 is 3.00 bits per heavy atom. The van der Waals surface area contributed by atoms with E-state index in [1.54, 1.807) is 0 Å². The van der Waals surface area contributed by atoms with Crippen LogP contribution in [-0.2, 0) is 4.79 Å². The van der Waals surface area contributed by atoms with Gasteiger partial charge in [-0.2, -0.15) is 0 Å². The Morgan fingerprint density at radius 2 is 2.27 bits per heavy atom. The fraction of sp³-hybridized carbons (Fsp3) is 0.909. The number of piperidine rings is 1. The lowest BCUT2D eigenvalue weighted by molar-refractivity contribution is -0.133. The number of carbonyl (C=O) groups is 1. The Balaban J connectivity index is 1.95. The number of likely N-dealkylation sites (tertiary alicyclic amines) is 1. The lowest BCUT2D eigenvalue weighted by Crippen LogP contribution is -2.49. The second-order valence-corrected chi connectivity index (χ2v) is 4.93. The average molecular weight is 211 g/mol. The van der Waals surface area contributed by atoms with Crippen molar-refractivity contribution in [2.24, 2.45) is 5.92 Å². The van der Waals surface area contributed by atoms with Crippen LogP contribution in [0.3, 0.4) is 0 Å². The number of nitrogens with zero attached hydrogens (tertiary/aromatic N) is 2. The minimum Gasteiger partial charge on any atom is -0.337 e. The first-order valence-corrected chi connectivity index (χ1v) is 5.83. The van der Waals surface area contributed by atoms with E-state index in [0.29, 0.717) is 12.6 Å². The minimum absolute atomic E-state index is 0.288. The van der Waals surface area contributed by atoms with Crippen molar-refractivity contribution in [3.8, 4) is 0 Å². The third kappa shape index (κ3) is 2.32. The molecule has 0 radical (unpaired) electrons. The summed E-state index contributed by atoms with van der Waals surface area (Å²) in [6.07, 6.45) is 2.43. The first-order valence-electron chi connectivity index (χ1n) is 5.83. The van der Waals surface area contributed by atoms with Gasteiger partial charge < -0.3 is 15.1 Å². The smallest absolute Gasteiger partial charge is 0.237 e. The number of rotatable bonds is 2. The SMILES string of the molecule is CN(C)CC(=O)N1CC[C@@H]2CCNC[C@@H]21. The normalized spacial score (nSPS) is 30.7. The fourth-order valence-electron chi connectivity index (χ4n) is 2.74. The van der Waals surface area contributed by atoms with E-state index < -0.39 is 0 Å². The summed E-state index contributed by atoms with van der Waals surface area (Å²) in [5.41, 5.74) is 0. The van der Waals surface area contributed by atoms with Gasteiger partial charge in [-0.1, -0.05) is 0 Å². The molecule has 2 saturated heterocycles. The van der Waals surface area contributed by atoms with E-state index in [1.165, 1.54) is 12.8 Å². The zero-order valence-corrected chi connectivity index (χ0v) is 9.70. The Labute approximate surface area is 91.6 Å². The number of carbonyl (C=O) groups excluding carboxylic acids is 1. The van der Waals surface area contributed by atoms with Gasteiger partial charge in [-0.05, 0) is 39.4 Å². The lowest BCUT2D eigenvalue weighted by atomic mass is 9.93. The van der Waals surface area contributed by atoms with E-state index in [-0.39, 0.29) is 5.91 Å². The highest BCUT2D eigenvalue weighted by molar-refractivity contribution is 5.79. The van der Waals surface area contributed by atoms with Crippen LogP contribution in [0, 0.1) is 5.92 Å². The molecular weight excluding hydrogens is 190 g/mol. The van der Waals surface area contributed by atoms with Gasteiger partial charge in [0.1, 0.15) is 0 Å². The summed E-state index contributed by atoms with van der Waals surface area (Å²) < 4.78 is 0. The van der Waals surface area contributed by atoms with Crippen molar-refractivity contribution in [2.75, 3.05) is 40.3 Å². The summed E-state index contributed by atoms with van der Waals surface area (Å²) in [4.78, 5) is 16.0. The van der Waals surface area contributed by atoms with E-state index in [1.807, 2.05) is 19.0 Å². The number of likely N-dealkylation sites (N-methyl/N-ethyl adjacent to an activating group) is 1. The van der Waals surface area contributed by atoms with Gasteiger partial charge in [0.25, 0.3) is 0 Å². The fourth-order valence-corrected chi connectivity index (χ4v) is 2.74. The van der Waals surface area contributed by atoms with Gasteiger partial charge >= 0.3 is 0 Å². The first-order chi connectivity index (χ1) is 7.18. The van der Waals surface area contributed by atoms with Gasteiger partial charge in [0.05, 0.1) is 6.54 Å². The third-order valence-corrected chi connectivity index (χ3v) is 3.50. The molecule has 0 saturated carbocycles. The van der Waals surface area contributed by atoms with Crippen LogP contribution in [0.4, 0.5) is 0 Å². The molecule has 2 atom stereocenters. The van der Waals surface area contributed by atoms with Crippen LogP contribution < -0.4 is 5.32 Å². The van der Waals surface area contributed by atoms with Crippen molar-refractivity contribution < 1.29 is 4.79 Å². The average Bonchev–Trinajstić information content (AvgIpc) is 2.59. The van der Waals surface area contributed by atoms with E-state index in [2.05, 4.69) is 10.2 Å². The van der Waals surface area contributed by atoms with Crippen molar-refractivity contribution in [1.29, 1.82) is 0 Å². The van der Waals surface area contributed by atoms with Crippen LogP contribution in [0.2, 0.25) is 0 Å². The molecule has 2 rings (SSSR count). The quantitative estimate of drug-likeness (QED) is 0.684. The first kappa shape index (κ1) is 10.9. The molecule has 4 nitrogen and oxygen atoms in total. The number of amides is 1. The Morgan fingerprint density at radius 1 is 1.47 bits per heavy atom. The summed E-state index contributed by atoms with van der Waals surface area (Å²) >= 11 is 0. The number of hydrogen-bond donors (Lipinski definition) is 1. The number of nitrogens with one attached hydrogen (secondary N) is 1. The minimum atomic E-state index is 0.288. The lowest BCUT2D eigenvalue weighted by Gasteiger charge is -2.32. The van der Waals surface area contributed by atoms with Gasteiger partial charge in [-0.3, -0.25) is 4.79 Å². The molecular formula is C11H21N3O. The van der Waals surface area contributed by atoms with Crippen molar-refractivity contribution in [3.05, 3.63) is 0 Å². The van der Waals surface area contributed by atoms with Crippen LogP contribution in [0.5, 0.6) is 0 Å². The van der Waals surface area contributed by atoms with Gasteiger partial charge in [0, 0.05) is 19.1 Å². The van der Waals surface area contributed by atoms with E-state index in [4.69, 9.17) is 0 Å². The highest BCUT2D eigenvalue weighted by Crippen LogP contribution is 2.28. The van der Waals surface area contributed by atoms with E-state index in [0.717, 1.165) is 25.6 Å². The maximum Gasteiger partial charge on any atom is 0.237 e. The molecule has 1 amide bonds. The van der Waals surface area contributed by atoms with Crippen molar-refractivity contribution in [3.63, 3.8) is 0 Å². The molecule has 2 heterocycles. The highest BCUT2D eigenvalue weighted by atomic mass is 16.2. The summed E-state index contributed by atoms with van der Waals surface area (Å²) in [6.45, 7) is 3.62. The van der Waals surface area contributed by atoms with Crippen LogP contribution in [0.25, 0.3) is 0 Å². The summed E-state index contributed by atoms with van der Waals surface area (Å²) in [6, 6.07) is 0.464. The summed E-state index contributed by atoms with van der Waals surface area (Å²) in [7, 11) is 3.90. The largest absolute Gasteiger partial charge is 0.337 e. The van der Waals surface area contributed by atoms with E-state index >= 15 is 0 Å². The van der Waals surface area contributed by atoms with Gasteiger partial charge in [0.2, 0.25) is 5.91 Å². The Bertz CT molecular complexity index is 242. The van der Waals surface area contributed by atoms with Crippen LogP contribution in [0.15, 0.2) is 0 Å². The number of fused-ring (bicyclic) bond motifs is 1. The molecule has 0 aromatic heterocycles. The molecule has 2 fully saturated rings. The van der Waals surface area contributed by atoms with E-state index in [9.17, 15) is 4.79 Å². The second kappa shape index (κ2) is 4.49. The van der Waals surface area contributed by atoms with Crippen molar-refractivity contribution >= 4 is 5.91 Å². The predicted molar refractivity (Wildman–Crippen MR) is 59.6 cm³/mol. The molecule has 4 heteroatoms. The highest BCUT2D eigenvalue weighted by Gasteiger charge is 2.37. The topological polar surface area (TPSA) is 35.6 Å². The summed E-state index contributed by atoms with van der Waals surface area (Å²) in [5, 5.41) is 3.39. The van der Waals surface area contributed by atoms with Gasteiger partial charge in [-0.25, -0.2) is 0 Å². The Kier molecular flexibility index (Phi) is 3.26.